The number of hydrogen-bond acceptors (Lipinski definition) is 3. The summed E-state index contributed by atoms with van der Waals surface area (Å²) in [5.74, 6) is 0.939. The molecule has 1 rings (SSSR count). The summed E-state index contributed by atoms with van der Waals surface area (Å²) < 4.78 is 5.45. The SMILES string of the molecule is CCCCOCC(O)CC1CC(C(C)(C)C)CCC1=O. The number of Topliss-reactive ketones (excluding diaryl/α,β-unsaturated/α-hetero) is 1. The first-order valence-corrected chi connectivity index (χ1v) is 8.13. The van der Waals surface area contributed by atoms with E-state index in [2.05, 4.69) is 27.7 Å². The first-order valence-electron chi connectivity index (χ1n) is 8.13. The first-order chi connectivity index (χ1) is 9.34. The van der Waals surface area contributed by atoms with E-state index in [4.69, 9.17) is 4.74 Å². The molecular formula is C17H32O3. The van der Waals surface area contributed by atoms with Crippen LogP contribution in [-0.2, 0) is 9.53 Å². The average Bonchev–Trinajstić information content (AvgIpc) is 2.36. The fourth-order valence-electron chi connectivity index (χ4n) is 2.99. The van der Waals surface area contributed by atoms with Crippen LogP contribution in [-0.4, -0.2) is 30.2 Å². The van der Waals surface area contributed by atoms with Crippen molar-refractivity contribution in [2.75, 3.05) is 13.2 Å². The standard InChI is InChI=1S/C17H32O3/c1-5-6-9-20-12-15(18)11-13-10-14(17(2,3)4)7-8-16(13)19/h13-15,18H,5-12H2,1-4H3. The number of hydrogen-bond donors (Lipinski definition) is 1. The van der Waals surface area contributed by atoms with Gasteiger partial charge in [-0.3, -0.25) is 4.79 Å². The fraction of sp³-hybridized carbons (Fsp3) is 0.941. The molecule has 1 N–H and O–H groups in total. The van der Waals surface area contributed by atoms with E-state index in [1.165, 1.54) is 0 Å². The van der Waals surface area contributed by atoms with Crippen molar-refractivity contribution < 1.29 is 14.6 Å². The van der Waals surface area contributed by atoms with Crippen LogP contribution in [0.2, 0.25) is 0 Å². The van der Waals surface area contributed by atoms with E-state index in [-0.39, 0.29) is 11.3 Å². The Morgan fingerprint density at radius 1 is 1.40 bits per heavy atom. The zero-order valence-corrected chi connectivity index (χ0v) is 13.7. The van der Waals surface area contributed by atoms with Gasteiger partial charge in [0.15, 0.2) is 0 Å². The van der Waals surface area contributed by atoms with Crippen LogP contribution in [0.5, 0.6) is 0 Å². The van der Waals surface area contributed by atoms with E-state index in [0.29, 0.717) is 37.8 Å². The second-order valence-electron chi connectivity index (χ2n) is 7.32. The third kappa shape index (κ3) is 5.92. The maximum atomic E-state index is 12.0. The molecule has 0 aromatic heterocycles. The van der Waals surface area contributed by atoms with Crippen molar-refractivity contribution in [3.63, 3.8) is 0 Å². The van der Waals surface area contributed by atoms with Gasteiger partial charge in [0.25, 0.3) is 0 Å². The zero-order chi connectivity index (χ0) is 15.2. The number of rotatable bonds is 7. The second kappa shape index (κ2) is 8.14. The Morgan fingerprint density at radius 2 is 2.10 bits per heavy atom. The van der Waals surface area contributed by atoms with Gasteiger partial charge in [-0.2, -0.15) is 0 Å². The van der Waals surface area contributed by atoms with Gasteiger partial charge in [0.1, 0.15) is 5.78 Å². The number of ketones is 1. The van der Waals surface area contributed by atoms with E-state index in [0.717, 1.165) is 25.7 Å². The predicted octanol–water partition coefficient (Wildman–Crippen LogP) is 3.59. The molecule has 0 bridgehead atoms. The molecule has 0 spiro atoms. The van der Waals surface area contributed by atoms with Crippen LogP contribution in [0.1, 0.15) is 66.2 Å². The van der Waals surface area contributed by atoms with Gasteiger partial charge in [-0.25, -0.2) is 0 Å². The summed E-state index contributed by atoms with van der Waals surface area (Å²) in [7, 11) is 0. The van der Waals surface area contributed by atoms with Gasteiger partial charge in [0, 0.05) is 18.9 Å². The topological polar surface area (TPSA) is 46.5 Å². The third-order valence-corrected chi connectivity index (χ3v) is 4.50. The summed E-state index contributed by atoms with van der Waals surface area (Å²) in [6.45, 7) is 9.92. The van der Waals surface area contributed by atoms with E-state index in [9.17, 15) is 9.90 Å². The molecule has 1 aliphatic carbocycles. The number of carbonyl (C=O) groups is 1. The molecule has 1 aliphatic rings. The summed E-state index contributed by atoms with van der Waals surface area (Å²) >= 11 is 0. The molecule has 0 radical (unpaired) electrons. The van der Waals surface area contributed by atoms with Crippen molar-refractivity contribution in [3.05, 3.63) is 0 Å². The van der Waals surface area contributed by atoms with Gasteiger partial charge in [0.2, 0.25) is 0 Å². The summed E-state index contributed by atoms with van der Waals surface area (Å²) in [5.41, 5.74) is 0.252. The minimum atomic E-state index is -0.500. The minimum absolute atomic E-state index is 0.0257. The monoisotopic (exact) mass is 284 g/mol. The smallest absolute Gasteiger partial charge is 0.136 e. The van der Waals surface area contributed by atoms with E-state index >= 15 is 0 Å². The second-order valence-corrected chi connectivity index (χ2v) is 7.32. The Morgan fingerprint density at radius 3 is 2.70 bits per heavy atom. The summed E-state index contributed by atoms with van der Waals surface area (Å²) in [4.78, 5) is 12.0. The predicted molar refractivity (Wildman–Crippen MR) is 81.6 cm³/mol. The maximum absolute atomic E-state index is 12.0. The fourth-order valence-corrected chi connectivity index (χ4v) is 2.99. The minimum Gasteiger partial charge on any atom is -0.391 e. The highest BCUT2D eigenvalue weighted by atomic mass is 16.5. The lowest BCUT2D eigenvalue weighted by atomic mass is 9.68. The molecule has 0 aliphatic heterocycles. The van der Waals surface area contributed by atoms with E-state index in [1.807, 2.05) is 0 Å². The van der Waals surface area contributed by atoms with E-state index < -0.39 is 6.10 Å². The highest BCUT2D eigenvalue weighted by Crippen LogP contribution is 2.40. The molecule has 0 aromatic rings. The molecule has 1 fully saturated rings. The van der Waals surface area contributed by atoms with Crippen molar-refractivity contribution in [3.8, 4) is 0 Å². The lowest BCUT2D eigenvalue weighted by molar-refractivity contribution is -0.128. The van der Waals surface area contributed by atoms with Crippen LogP contribution in [0.4, 0.5) is 0 Å². The molecule has 0 saturated heterocycles. The van der Waals surface area contributed by atoms with Gasteiger partial charge < -0.3 is 9.84 Å². The highest BCUT2D eigenvalue weighted by molar-refractivity contribution is 5.81. The lowest BCUT2D eigenvalue weighted by Crippen LogP contribution is -2.34. The summed E-state index contributed by atoms with van der Waals surface area (Å²) in [6.07, 6.45) is 4.80. The van der Waals surface area contributed by atoms with Crippen LogP contribution in [0.15, 0.2) is 0 Å². The van der Waals surface area contributed by atoms with Crippen LogP contribution in [0.3, 0.4) is 0 Å². The molecule has 0 heterocycles. The Hall–Kier alpha value is -0.410. The Kier molecular flexibility index (Phi) is 7.18. The highest BCUT2D eigenvalue weighted by Gasteiger charge is 2.35. The van der Waals surface area contributed by atoms with Crippen LogP contribution in [0, 0.1) is 17.3 Å². The summed E-state index contributed by atoms with van der Waals surface area (Å²) in [6, 6.07) is 0. The summed E-state index contributed by atoms with van der Waals surface area (Å²) in [5, 5.41) is 10.0. The number of carbonyl (C=O) groups excluding carboxylic acids is 1. The molecule has 118 valence electrons. The number of aliphatic hydroxyl groups is 1. The molecule has 3 nitrogen and oxygen atoms in total. The largest absolute Gasteiger partial charge is 0.391 e. The van der Waals surface area contributed by atoms with Crippen LogP contribution < -0.4 is 0 Å². The molecular weight excluding hydrogens is 252 g/mol. The lowest BCUT2D eigenvalue weighted by Gasteiger charge is -2.37. The third-order valence-electron chi connectivity index (χ3n) is 4.50. The molecule has 3 unspecified atom stereocenters. The van der Waals surface area contributed by atoms with Crippen molar-refractivity contribution in [2.24, 2.45) is 17.3 Å². The van der Waals surface area contributed by atoms with E-state index in [1.54, 1.807) is 0 Å². The Bertz CT molecular complexity index is 293. The quantitative estimate of drug-likeness (QED) is 0.727. The van der Waals surface area contributed by atoms with Crippen LogP contribution >= 0.6 is 0 Å². The van der Waals surface area contributed by atoms with Gasteiger partial charge in [0.05, 0.1) is 12.7 Å². The zero-order valence-electron chi connectivity index (χ0n) is 13.7. The molecule has 3 atom stereocenters. The number of aliphatic hydroxyl groups excluding tert-OH is 1. The van der Waals surface area contributed by atoms with Crippen molar-refractivity contribution in [2.45, 2.75) is 72.3 Å². The van der Waals surface area contributed by atoms with Crippen LogP contribution in [0.25, 0.3) is 0 Å². The Balaban J connectivity index is 2.38. The van der Waals surface area contributed by atoms with Crippen molar-refractivity contribution in [1.29, 1.82) is 0 Å². The molecule has 3 heteroatoms. The molecule has 0 aromatic carbocycles. The molecule has 1 saturated carbocycles. The van der Waals surface area contributed by atoms with Gasteiger partial charge in [-0.1, -0.05) is 34.1 Å². The van der Waals surface area contributed by atoms with Gasteiger partial charge >= 0.3 is 0 Å². The number of ether oxygens (including phenoxy) is 1. The van der Waals surface area contributed by atoms with Gasteiger partial charge in [-0.05, 0) is 37.0 Å². The molecule has 20 heavy (non-hydrogen) atoms. The Labute approximate surface area is 124 Å². The van der Waals surface area contributed by atoms with Crippen molar-refractivity contribution in [1.82, 2.24) is 0 Å². The number of unbranched alkanes of at least 4 members (excludes halogenated alkanes) is 1. The van der Waals surface area contributed by atoms with Crippen molar-refractivity contribution >= 4 is 5.78 Å². The maximum Gasteiger partial charge on any atom is 0.136 e. The first kappa shape index (κ1) is 17.6. The molecule has 0 amide bonds. The average molecular weight is 284 g/mol. The normalized spacial score (nSPS) is 25.8. The van der Waals surface area contributed by atoms with Gasteiger partial charge in [-0.15, -0.1) is 0 Å².